The van der Waals surface area contributed by atoms with Gasteiger partial charge in [-0.2, -0.15) is 0 Å². The van der Waals surface area contributed by atoms with Gasteiger partial charge in [0.1, 0.15) is 5.75 Å². The highest BCUT2D eigenvalue weighted by atomic mass is 16.5. The summed E-state index contributed by atoms with van der Waals surface area (Å²) in [6, 6.07) is 9.40. The topological polar surface area (TPSA) is 70.1 Å². The van der Waals surface area contributed by atoms with Crippen LogP contribution in [0.5, 0.6) is 5.75 Å². The Labute approximate surface area is 123 Å². The third kappa shape index (κ3) is 5.07. The summed E-state index contributed by atoms with van der Waals surface area (Å²) in [5.74, 6) is -0.0106. The fourth-order valence-corrected chi connectivity index (χ4v) is 2.28. The zero-order chi connectivity index (χ0) is 15.1. The summed E-state index contributed by atoms with van der Waals surface area (Å²) in [7, 11) is 0. The molecule has 0 bridgehead atoms. The quantitative estimate of drug-likeness (QED) is 0.835. The summed E-state index contributed by atoms with van der Waals surface area (Å²) in [6.07, 6.45) is 0.341. The Morgan fingerprint density at radius 3 is 2.38 bits per heavy atom. The third-order valence-electron chi connectivity index (χ3n) is 3.41. The van der Waals surface area contributed by atoms with Gasteiger partial charge in [0.05, 0.1) is 19.6 Å². The van der Waals surface area contributed by atoms with Crippen LogP contribution in [0.25, 0.3) is 0 Å². The number of piperazine rings is 1. The molecule has 0 unspecified atom stereocenters. The van der Waals surface area contributed by atoms with E-state index in [-0.39, 0.29) is 12.5 Å². The van der Waals surface area contributed by atoms with Crippen molar-refractivity contribution in [3.8, 4) is 5.75 Å². The van der Waals surface area contributed by atoms with Gasteiger partial charge in [0.15, 0.2) is 0 Å². The van der Waals surface area contributed by atoms with Crippen LogP contribution in [0.1, 0.15) is 6.42 Å². The summed E-state index contributed by atoms with van der Waals surface area (Å²) in [6.45, 7) is 2.78. The lowest BCUT2D eigenvalue weighted by Gasteiger charge is -2.33. The molecule has 1 amide bonds. The summed E-state index contributed by atoms with van der Waals surface area (Å²) >= 11 is 0. The average Bonchev–Trinajstić information content (AvgIpc) is 2.48. The molecule has 0 atom stereocenters. The number of hydrogen-bond donors (Lipinski definition) is 1. The lowest BCUT2D eigenvalue weighted by atomic mass is 10.3. The van der Waals surface area contributed by atoms with Crippen LogP contribution < -0.4 is 4.74 Å². The average molecular weight is 292 g/mol. The second-order valence-electron chi connectivity index (χ2n) is 4.96. The van der Waals surface area contributed by atoms with Crippen molar-refractivity contribution in [3.05, 3.63) is 30.3 Å². The number of carbonyl (C=O) groups excluding carboxylic acids is 1. The van der Waals surface area contributed by atoms with E-state index in [1.165, 1.54) is 0 Å². The van der Waals surface area contributed by atoms with Gasteiger partial charge in [0.2, 0.25) is 5.91 Å². The molecule has 1 fully saturated rings. The Bertz CT molecular complexity index is 470. The Kier molecular flexibility index (Phi) is 5.57. The SMILES string of the molecule is O=C(O)CN1CCN(C(=O)CCOc2ccccc2)CC1. The number of carbonyl (C=O) groups is 2. The molecule has 6 nitrogen and oxygen atoms in total. The van der Waals surface area contributed by atoms with Crippen LogP contribution in [0.15, 0.2) is 30.3 Å². The molecule has 1 aromatic rings. The number of carboxylic acids is 1. The maximum Gasteiger partial charge on any atom is 0.317 e. The molecule has 0 saturated carbocycles. The molecule has 0 spiro atoms. The smallest absolute Gasteiger partial charge is 0.317 e. The molecular formula is C15H20N2O4. The number of rotatable bonds is 6. The molecule has 1 aliphatic rings. The Hall–Kier alpha value is -2.08. The summed E-state index contributed by atoms with van der Waals surface area (Å²) < 4.78 is 5.51. The highest BCUT2D eigenvalue weighted by molar-refractivity contribution is 5.76. The number of hydrogen-bond acceptors (Lipinski definition) is 4. The van der Waals surface area contributed by atoms with E-state index in [4.69, 9.17) is 9.84 Å². The van der Waals surface area contributed by atoms with Crippen molar-refractivity contribution >= 4 is 11.9 Å². The minimum atomic E-state index is -0.828. The van der Waals surface area contributed by atoms with Crippen LogP contribution in [0.4, 0.5) is 0 Å². The van der Waals surface area contributed by atoms with Gasteiger partial charge in [-0.25, -0.2) is 0 Å². The largest absolute Gasteiger partial charge is 0.493 e. The van der Waals surface area contributed by atoms with E-state index in [2.05, 4.69) is 0 Å². The zero-order valence-electron chi connectivity index (χ0n) is 11.9. The van der Waals surface area contributed by atoms with Crippen LogP contribution in [0.2, 0.25) is 0 Å². The molecule has 0 aromatic heterocycles. The Balaban J connectivity index is 1.67. The van der Waals surface area contributed by atoms with E-state index < -0.39 is 5.97 Å². The molecule has 2 rings (SSSR count). The van der Waals surface area contributed by atoms with Gasteiger partial charge in [-0.1, -0.05) is 18.2 Å². The van der Waals surface area contributed by atoms with Gasteiger partial charge >= 0.3 is 5.97 Å². The molecule has 1 heterocycles. The highest BCUT2D eigenvalue weighted by Crippen LogP contribution is 2.09. The molecule has 21 heavy (non-hydrogen) atoms. The lowest BCUT2D eigenvalue weighted by Crippen LogP contribution is -2.50. The van der Waals surface area contributed by atoms with Gasteiger partial charge in [-0.05, 0) is 12.1 Å². The maximum absolute atomic E-state index is 12.0. The van der Waals surface area contributed by atoms with Crippen LogP contribution in [0.3, 0.4) is 0 Å². The van der Waals surface area contributed by atoms with Crippen molar-refractivity contribution < 1.29 is 19.4 Å². The Morgan fingerprint density at radius 2 is 1.76 bits per heavy atom. The van der Waals surface area contributed by atoms with Gasteiger partial charge in [-0.3, -0.25) is 14.5 Å². The first-order valence-corrected chi connectivity index (χ1v) is 7.05. The van der Waals surface area contributed by atoms with E-state index in [1.807, 2.05) is 35.2 Å². The first-order chi connectivity index (χ1) is 10.1. The fourth-order valence-electron chi connectivity index (χ4n) is 2.28. The predicted octanol–water partition coefficient (Wildman–Crippen LogP) is 0.684. The standard InChI is InChI=1S/C15H20N2O4/c18-14(6-11-21-13-4-2-1-3-5-13)17-9-7-16(8-10-17)12-15(19)20/h1-5H,6-12H2,(H,19,20). The number of carboxylic acid groups (broad SMARTS) is 1. The molecule has 0 aliphatic carbocycles. The van der Waals surface area contributed by atoms with Crippen molar-refractivity contribution in [2.45, 2.75) is 6.42 Å². The van der Waals surface area contributed by atoms with Crippen LogP contribution in [-0.2, 0) is 9.59 Å². The number of aliphatic carboxylic acids is 1. The highest BCUT2D eigenvalue weighted by Gasteiger charge is 2.21. The molecular weight excluding hydrogens is 272 g/mol. The third-order valence-corrected chi connectivity index (χ3v) is 3.41. The second-order valence-corrected chi connectivity index (χ2v) is 4.96. The van der Waals surface area contributed by atoms with Gasteiger partial charge in [0, 0.05) is 26.2 Å². The first-order valence-electron chi connectivity index (χ1n) is 7.05. The van der Waals surface area contributed by atoms with Gasteiger partial charge < -0.3 is 14.7 Å². The fraction of sp³-hybridized carbons (Fsp3) is 0.467. The number of benzene rings is 1. The Morgan fingerprint density at radius 1 is 1.10 bits per heavy atom. The van der Waals surface area contributed by atoms with Crippen LogP contribution >= 0.6 is 0 Å². The number of para-hydroxylation sites is 1. The van der Waals surface area contributed by atoms with E-state index in [0.717, 1.165) is 5.75 Å². The first kappa shape index (κ1) is 15.3. The van der Waals surface area contributed by atoms with E-state index in [9.17, 15) is 9.59 Å². The van der Waals surface area contributed by atoms with Crippen molar-refractivity contribution in [3.63, 3.8) is 0 Å². The maximum atomic E-state index is 12.0. The summed E-state index contributed by atoms with van der Waals surface area (Å²) in [5, 5.41) is 8.73. The van der Waals surface area contributed by atoms with Crippen molar-refractivity contribution in [2.24, 2.45) is 0 Å². The minimum absolute atomic E-state index is 0.0408. The molecule has 114 valence electrons. The van der Waals surface area contributed by atoms with E-state index in [1.54, 1.807) is 4.90 Å². The van der Waals surface area contributed by atoms with Crippen LogP contribution in [0, 0.1) is 0 Å². The van der Waals surface area contributed by atoms with Crippen molar-refractivity contribution in [2.75, 3.05) is 39.3 Å². The molecule has 1 aliphatic heterocycles. The van der Waals surface area contributed by atoms with E-state index >= 15 is 0 Å². The summed E-state index contributed by atoms with van der Waals surface area (Å²) in [4.78, 5) is 26.3. The van der Waals surface area contributed by atoms with Gasteiger partial charge in [0.25, 0.3) is 0 Å². The number of ether oxygens (including phenoxy) is 1. The van der Waals surface area contributed by atoms with Gasteiger partial charge in [-0.15, -0.1) is 0 Å². The molecule has 1 saturated heterocycles. The molecule has 0 radical (unpaired) electrons. The van der Waals surface area contributed by atoms with Crippen molar-refractivity contribution in [1.29, 1.82) is 0 Å². The summed E-state index contributed by atoms with van der Waals surface area (Å²) in [5.41, 5.74) is 0. The second kappa shape index (κ2) is 7.64. The van der Waals surface area contributed by atoms with Crippen molar-refractivity contribution in [1.82, 2.24) is 9.80 Å². The zero-order valence-corrected chi connectivity index (χ0v) is 11.9. The monoisotopic (exact) mass is 292 g/mol. The lowest BCUT2D eigenvalue weighted by molar-refractivity contribution is -0.139. The predicted molar refractivity (Wildman–Crippen MR) is 77.2 cm³/mol. The molecule has 6 heteroatoms. The normalized spacial score (nSPS) is 15.7. The van der Waals surface area contributed by atoms with Crippen LogP contribution in [-0.4, -0.2) is 66.1 Å². The van der Waals surface area contributed by atoms with E-state index in [0.29, 0.717) is 39.2 Å². The number of amides is 1. The number of nitrogens with zero attached hydrogens (tertiary/aromatic N) is 2. The minimum Gasteiger partial charge on any atom is -0.493 e. The molecule has 1 N–H and O–H groups in total. The molecule has 1 aromatic carbocycles.